The lowest BCUT2D eigenvalue weighted by Crippen LogP contribution is -2.20. The Balaban J connectivity index is 2.31. The molecule has 0 aliphatic carbocycles. The van der Waals surface area contributed by atoms with E-state index in [-0.39, 0.29) is 0 Å². The molecule has 1 nitrogen and oxygen atoms in total. The Morgan fingerprint density at radius 1 is 1.05 bits per heavy atom. The van der Waals surface area contributed by atoms with Crippen LogP contribution in [0.2, 0.25) is 0 Å². The van der Waals surface area contributed by atoms with Crippen LogP contribution in [-0.4, -0.2) is 7.05 Å². The van der Waals surface area contributed by atoms with Crippen molar-refractivity contribution in [1.29, 1.82) is 0 Å². The summed E-state index contributed by atoms with van der Waals surface area (Å²) in [6, 6.07) is 13.6. The van der Waals surface area contributed by atoms with Gasteiger partial charge in [0.15, 0.2) is 0 Å². The Hall–Kier alpha value is -1.12. The van der Waals surface area contributed by atoms with Crippen LogP contribution in [0.25, 0.3) is 0 Å². The first-order chi connectivity index (χ1) is 9.51. The van der Waals surface area contributed by atoms with E-state index < -0.39 is 0 Å². The summed E-state index contributed by atoms with van der Waals surface area (Å²) >= 11 is 3.62. The first-order valence-electron chi connectivity index (χ1n) is 7.00. The molecule has 0 heterocycles. The number of hydrogen-bond donors (Lipinski definition) is 1. The number of nitrogens with one attached hydrogen (secondary N) is 1. The van der Waals surface area contributed by atoms with Gasteiger partial charge in [-0.15, -0.1) is 0 Å². The van der Waals surface area contributed by atoms with Crippen molar-refractivity contribution in [3.05, 3.63) is 68.7 Å². The summed E-state index contributed by atoms with van der Waals surface area (Å²) < 4.78 is 1.18. The third kappa shape index (κ3) is 3.50. The molecule has 0 fully saturated rings. The topological polar surface area (TPSA) is 12.0 Å². The normalized spacial score (nSPS) is 12.4. The molecule has 2 aromatic carbocycles. The fraction of sp³-hybridized carbons (Fsp3) is 0.333. The van der Waals surface area contributed by atoms with Crippen LogP contribution in [0.4, 0.5) is 0 Å². The zero-order valence-corrected chi connectivity index (χ0v) is 14.2. The number of likely N-dealkylation sites (N-methyl/N-ethyl adjacent to an activating group) is 1. The minimum atomic E-state index is 0.341. The molecule has 0 spiro atoms. The second kappa shape index (κ2) is 6.55. The minimum Gasteiger partial charge on any atom is -0.313 e. The van der Waals surface area contributed by atoms with E-state index >= 15 is 0 Å². The largest absolute Gasteiger partial charge is 0.313 e. The Morgan fingerprint density at radius 3 is 2.30 bits per heavy atom. The van der Waals surface area contributed by atoms with Crippen molar-refractivity contribution in [1.82, 2.24) is 5.32 Å². The van der Waals surface area contributed by atoms with Gasteiger partial charge in [0.25, 0.3) is 0 Å². The Bertz CT molecular complexity index is 584. The van der Waals surface area contributed by atoms with Gasteiger partial charge in [-0.1, -0.05) is 57.4 Å². The highest BCUT2D eigenvalue weighted by molar-refractivity contribution is 9.10. The van der Waals surface area contributed by atoms with Crippen molar-refractivity contribution in [3.8, 4) is 0 Å². The standard InChI is InChI=1S/C18H22BrN/c1-12-8-13(2)10-15(9-12)11-18(20-4)16-6-5-7-17(19)14(16)3/h5-10,18,20H,11H2,1-4H3. The number of halogens is 1. The van der Waals surface area contributed by atoms with Gasteiger partial charge in [0.1, 0.15) is 0 Å². The lowest BCUT2D eigenvalue weighted by Gasteiger charge is -2.20. The van der Waals surface area contributed by atoms with Crippen molar-refractivity contribution in [2.75, 3.05) is 7.05 Å². The maximum absolute atomic E-state index is 3.62. The van der Waals surface area contributed by atoms with E-state index in [9.17, 15) is 0 Å². The summed E-state index contributed by atoms with van der Waals surface area (Å²) in [5, 5.41) is 3.45. The quantitative estimate of drug-likeness (QED) is 0.842. The van der Waals surface area contributed by atoms with Crippen LogP contribution in [0, 0.1) is 20.8 Å². The van der Waals surface area contributed by atoms with Crippen LogP contribution in [0.3, 0.4) is 0 Å². The lowest BCUT2D eigenvalue weighted by atomic mass is 9.94. The van der Waals surface area contributed by atoms with Gasteiger partial charge in [0, 0.05) is 10.5 Å². The summed E-state index contributed by atoms with van der Waals surface area (Å²) in [5.41, 5.74) is 6.74. The van der Waals surface area contributed by atoms with Crippen molar-refractivity contribution < 1.29 is 0 Å². The van der Waals surface area contributed by atoms with Crippen LogP contribution in [0.1, 0.15) is 33.9 Å². The molecule has 0 saturated heterocycles. The summed E-state index contributed by atoms with van der Waals surface area (Å²) in [6.07, 6.45) is 1.01. The highest BCUT2D eigenvalue weighted by atomic mass is 79.9. The zero-order chi connectivity index (χ0) is 14.7. The van der Waals surface area contributed by atoms with Gasteiger partial charge in [-0.3, -0.25) is 0 Å². The predicted octanol–water partition coefficient (Wildman–Crippen LogP) is 4.88. The number of rotatable bonds is 4. The van der Waals surface area contributed by atoms with E-state index in [1.807, 2.05) is 7.05 Å². The van der Waals surface area contributed by atoms with Gasteiger partial charge in [0.05, 0.1) is 0 Å². The molecule has 0 radical (unpaired) electrons. The van der Waals surface area contributed by atoms with Gasteiger partial charge in [-0.05, 0) is 57.0 Å². The lowest BCUT2D eigenvalue weighted by molar-refractivity contribution is 0.588. The van der Waals surface area contributed by atoms with Crippen LogP contribution in [0.15, 0.2) is 40.9 Å². The smallest absolute Gasteiger partial charge is 0.0361 e. The summed E-state index contributed by atoms with van der Waals surface area (Å²) in [7, 11) is 2.04. The van der Waals surface area contributed by atoms with Gasteiger partial charge < -0.3 is 5.32 Å². The monoisotopic (exact) mass is 331 g/mol. The highest BCUT2D eigenvalue weighted by Gasteiger charge is 2.14. The molecule has 0 bridgehead atoms. The predicted molar refractivity (Wildman–Crippen MR) is 90.3 cm³/mol. The van der Waals surface area contributed by atoms with E-state index in [2.05, 4.69) is 78.4 Å². The van der Waals surface area contributed by atoms with Crippen LogP contribution >= 0.6 is 15.9 Å². The maximum atomic E-state index is 3.62. The van der Waals surface area contributed by atoms with Gasteiger partial charge in [-0.25, -0.2) is 0 Å². The molecular weight excluding hydrogens is 310 g/mol. The molecule has 0 aliphatic heterocycles. The molecule has 106 valence electrons. The highest BCUT2D eigenvalue weighted by Crippen LogP contribution is 2.27. The van der Waals surface area contributed by atoms with Crippen molar-refractivity contribution in [2.24, 2.45) is 0 Å². The Morgan fingerprint density at radius 2 is 1.70 bits per heavy atom. The fourth-order valence-electron chi connectivity index (χ4n) is 2.79. The maximum Gasteiger partial charge on any atom is 0.0361 e. The second-order valence-electron chi connectivity index (χ2n) is 5.50. The van der Waals surface area contributed by atoms with Crippen molar-refractivity contribution in [3.63, 3.8) is 0 Å². The number of hydrogen-bond acceptors (Lipinski definition) is 1. The molecule has 2 heteroatoms. The first-order valence-corrected chi connectivity index (χ1v) is 7.80. The van der Waals surface area contributed by atoms with Crippen molar-refractivity contribution in [2.45, 2.75) is 33.2 Å². The second-order valence-corrected chi connectivity index (χ2v) is 6.35. The molecule has 0 amide bonds. The zero-order valence-electron chi connectivity index (χ0n) is 12.6. The summed E-state index contributed by atoms with van der Waals surface area (Å²) in [4.78, 5) is 0. The first kappa shape index (κ1) is 15.3. The molecule has 20 heavy (non-hydrogen) atoms. The SMILES string of the molecule is CNC(Cc1cc(C)cc(C)c1)c1cccc(Br)c1C. The summed E-state index contributed by atoms with van der Waals surface area (Å²) in [5.74, 6) is 0. The Kier molecular flexibility index (Phi) is 5.00. The molecule has 1 atom stereocenters. The summed E-state index contributed by atoms with van der Waals surface area (Å²) in [6.45, 7) is 6.50. The van der Waals surface area contributed by atoms with Crippen LogP contribution < -0.4 is 5.32 Å². The molecule has 2 aromatic rings. The fourth-order valence-corrected chi connectivity index (χ4v) is 3.17. The van der Waals surface area contributed by atoms with Crippen LogP contribution in [-0.2, 0) is 6.42 Å². The molecule has 0 aliphatic rings. The van der Waals surface area contributed by atoms with E-state index in [0.29, 0.717) is 6.04 Å². The third-order valence-corrected chi connectivity index (χ3v) is 4.61. The molecule has 1 unspecified atom stereocenters. The van der Waals surface area contributed by atoms with Crippen molar-refractivity contribution >= 4 is 15.9 Å². The molecular formula is C18H22BrN. The average Bonchev–Trinajstić information content (AvgIpc) is 2.38. The van der Waals surface area contributed by atoms with Gasteiger partial charge in [-0.2, -0.15) is 0 Å². The Labute approximate surface area is 130 Å². The number of benzene rings is 2. The average molecular weight is 332 g/mol. The molecule has 1 N–H and O–H groups in total. The van der Waals surface area contributed by atoms with E-state index in [1.54, 1.807) is 0 Å². The minimum absolute atomic E-state index is 0.341. The van der Waals surface area contributed by atoms with E-state index in [4.69, 9.17) is 0 Å². The van der Waals surface area contributed by atoms with Gasteiger partial charge >= 0.3 is 0 Å². The molecule has 0 aromatic heterocycles. The van der Waals surface area contributed by atoms with E-state index in [0.717, 1.165) is 6.42 Å². The third-order valence-electron chi connectivity index (χ3n) is 3.75. The number of aryl methyl sites for hydroxylation is 2. The molecule has 0 saturated carbocycles. The van der Waals surface area contributed by atoms with E-state index in [1.165, 1.54) is 32.3 Å². The molecule has 2 rings (SSSR count). The van der Waals surface area contributed by atoms with Crippen LogP contribution in [0.5, 0.6) is 0 Å². The van der Waals surface area contributed by atoms with Gasteiger partial charge in [0.2, 0.25) is 0 Å².